The average Bonchev–Trinajstić information content (AvgIpc) is 3.05. The number of nitrogens with one attached hydrogen (secondary N) is 1. The van der Waals surface area contributed by atoms with Crippen LogP contribution >= 0.6 is 0 Å². The lowest BCUT2D eigenvalue weighted by Crippen LogP contribution is -2.50. The quantitative estimate of drug-likeness (QED) is 0.850. The zero-order chi connectivity index (χ0) is 13.9. The van der Waals surface area contributed by atoms with Crippen LogP contribution in [0.25, 0.3) is 0 Å². The van der Waals surface area contributed by atoms with E-state index in [1.165, 1.54) is 32.4 Å². The van der Waals surface area contributed by atoms with Crippen LogP contribution in [0.1, 0.15) is 39.0 Å². The van der Waals surface area contributed by atoms with Gasteiger partial charge in [-0.3, -0.25) is 4.90 Å². The van der Waals surface area contributed by atoms with E-state index in [2.05, 4.69) is 10.2 Å². The van der Waals surface area contributed by atoms with E-state index < -0.39 is 0 Å². The molecule has 20 heavy (non-hydrogen) atoms. The fourth-order valence-electron chi connectivity index (χ4n) is 4.02. The largest absolute Gasteiger partial charge is 0.450 e. The maximum Gasteiger partial charge on any atom is 0.409 e. The van der Waals surface area contributed by atoms with E-state index in [-0.39, 0.29) is 6.09 Å². The van der Waals surface area contributed by atoms with Crippen LogP contribution in [-0.2, 0) is 4.74 Å². The molecule has 0 bridgehead atoms. The Kier molecular flexibility index (Phi) is 4.46. The fraction of sp³-hybridized carbons (Fsp3) is 0.933. The Balaban J connectivity index is 1.43. The smallest absolute Gasteiger partial charge is 0.409 e. The molecule has 3 heterocycles. The molecule has 5 nitrogen and oxygen atoms in total. The molecule has 114 valence electrons. The summed E-state index contributed by atoms with van der Waals surface area (Å²) in [5.41, 5.74) is 0. The molecule has 3 fully saturated rings. The van der Waals surface area contributed by atoms with Gasteiger partial charge in [-0.2, -0.15) is 0 Å². The summed E-state index contributed by atoms with van der Waals surface area (Å²) in [6.07, 6.45) is 5.99. The number of piperidine rings is 1. The van der Waals surface area contributed by atoms with Crippen LogP contribution in [0.4, 0.5) is 4.79 Å². The monoisotopic (exact) mass is 281 g/mol. The molecule has 3 saturated heterocycles. The van der Waals surface area contributed by atoms with E-state index in [4.69, 9.17) is 4.74 Å². The number of amides is 1. The van der Waals surface area contributed by atoms with Gasteiger partial charge in [-0.1, -0.05) is 0 Å². The summed E-state index contributed by atoms with van der Waals surface area (Å²) in [4.78, 5) is 16.2. The van der Waals surface area contributed by atoms with Gasteiger partial charge < -0.3 is 15.0 Å². The minimum Gasteiger partial charge on any atom is -0.450 e. The van der Waals surface area contributed by atoms with E-state index in [9.17, 15) is 4.79 Å². The lowest BCUT2D eigenvalue weighted by atomic mass is 10.0. The molecule has 0 saturated carbocycles. The number of carbonyl (C=O) groups is 1. The summed E-state index contributed by atoms with van der Waals surface area (Å²) in [6, 6.07) is 2.03. The van der Waals surface area contributed by atoms with Crippen LogP contribution in [0.5, 0.6) is 0 Å². The summed E-state index contributed by atoms with van der Waals surface area (Å²) in [5.74, 6) is 0. The number of fused-ring (bicyclic) bond motifs is 1. The van der Waals surface area contributed by atoms with E-state index in [1.807, 2.05) is 11.8 Å². The Hall–Kier alpha value is -0.810. The van der Waals surface area contributed by atoms with Crippen molar-refractivity contribution in [3.8, 4) is 0 Å². The number of nitrogens with zero attached hydrogens (tertiary/aromatic N) is 2. The Morgan fingerprint density at radius 3 is 2.70 bits per heavy atom. The Bertz CT molecular complexity index is 342. The third-order valence-corrected chi connectivity index (χ3v) is 5.08. The minimum atomic E-state index is -0.145. The van der Waals surface area contributed by atoms with E-state index in [0.29, 0.717) is 18.7 Å². The Labute approximate surface area is 121 Å². The van der Waals surface area contributed by atoms with Gasteiger partial charge in [0.25, 0.3) is 0 Å². The first-order valence-corrected chi connectivity index (χ1v) is 8.19. The van der Waals surface area contributed by atoms with Crippen molar-refractivity contribution in [1.82, 2.24) is 15.1 Å². The van der Waals surface area contributed by atoms with Gasteiger partial charge in [0.15, 0.2) is 0 Å². The SMILES string of the molecule is CCOC(=O)N1CCC(NC2CCN3CCCC23)CC1. The van der Waals surface area contributed by atoms with Gasteiger partial charge in [-0.25, -0.2) is 4.79 Å². The molecule has 3 aliphatic heterocycles. The number of hydrogen-bond acceptors (Lipinski definition) is 4. The van der Waals surface area contributed by atoms with Crippen molar-refractivity contribution in [2.75, 3.05) is 32.8 Å². The average molecular weight is 281 g/mol. The van der Waals surface area contributed by atoms with Crippen molar-refractivity contribution in [3.63, 3.8) is 0 Å². The van der Waals surface area contributed by atoms with E-state index in [0.717, 1.165) is 32.0 Å². The zero-order valence-electron chi connectivity index (χ0n) is 12.5. The molecule has 1 amide bonds. The molecular weight excluding hydrogens is 254 g/mol. The maximum absolute atomic E-state index is 11.7. The number of carbonyl (C=O) groups excluding carboxylic acids is 1. The lowest BCUT2D eigenvalue weighted by Gasteiger charge is -2.34. The standard InChI is InChI=1S/C15H27N3O2/c1-2-20-15(19)18-9-5-12(6-10-18)16-13-7-11-17-8-3-4-14(13)17/h12-14,16H,2-11H2,1H3. The number of likely N-dealkylation sites (tertiary alicyclic amines) is 1. The molecule has 2 atom stereocenters. The highest BCUT2D eigenvalue weighted by atomic mass is 16.6. The molecule has 3 rings (SSSR count). The van der Waals surface area contributed by atoms with Crippen molar-refractivity contribution in [1.29, 1.82) is 0 Å². The van der Waals surface area contributed by atoms with Gasteiger partial charge in [0.05, 0.1) is 6.61 Å². The maximum atomic E-state index is 11.7. The van der Waals surface area contributed by atoms with Crippen LogP contribution < -0.4 is 5.32 Å². The molecule has 0 aromatic heterocycles. The molecule has 0 aliphatic carbocycles. The van der Waals surface area contributed by atoms with Crippen LogP contribution in [0, 0.1) is 0 Å². The summed E-state index contributed by atoms with van der Waals surface area (Å²) < 4.78 is 5.07. The van der Waals surface area contributed by atoms with E-state index >= 15 is 0 Å². The van der Waals surface area contributed by atoms with Crippen LogP contribution in [0.15, 0.2) is 0 Å². The topological polar surface area (TPSA) is 44.8 Å². The molecular formula is C15H27N3O2. The van der Waals surface area contributed by atoms with E-state index in [1.54, 1.807) is 0 Å². The molecule has 5 heteroatoms. The number of hydrogen-bond donors (Lipinski definition) is 1. The Morgan fingerprint density at radius 2 is 1.95 bits per heavy atom. The molecule has 2 unspecified atom stereocenters. The summed E-state index contributed by atoms with van der Waals surface area (Å²) in [7, 11) is 0. The highest BCUT2D eigenvalue weighted by Gasteiger charge is 2.38. The molecule has 0 spiro atoms. The predicted octanol–water partition coefficient (Wildman–Crippen LogP) is 1.43. The highest BCUT2D eigenvalue weighted by molar-refractivity contribution is 5.67. The van der Waals surface area contributed by atoms with Crippen molar-refractivity contribution < 1.29 is 9.53 Å². The van der Waals surface area contributed by atoms with Gasteiger partial charge in [-0.05, 0) is 45.6 Å². The van der Waals surface area contributed by atoms with Crippen LogP contribution in [0.2, 0.25) is 0 Å². The van der Waals surface area contributed by atoms with Crippen molar-refractivity contribution in [2.24, 2.45) is 0 Å². The summed E-state index contributed by atoms with van der Waals surface area (Å²) in [6.45, 7) is 6.56. The first-order chi connectivity index (χ1) is 9.78. The Morgan fingerprint density at radius 1 is 1.15 bits per heavy atom. The van der Waals surface area contributed by atoms with Crippen molar-refractivity contribution >= 4 is 6.09 Å². The number of ether oxygens (including phenoxy) is 1. The van der Waals surface area contributed by atoms with Gasteiger partial charge >= 0.3 is 6.09 Å². The second-order valence-corrected chi connectivity index (χ2v) is 6.27. The second-order valence-electron chi connectivity index (χ2n) is 6.27. The third-order valence-electron chi connectivity index (χ3n) is 5.08. The summed E-state index contributed by atoms with van der Waals surface area (Å²) in [5, 5.41) is 3.86. The summed E-state index contributed by atoms with van der Waals surface area (Å²) >= 11 is 0. The molecule has 0 radical (unpaired) electrons. The normalized spacial score (nSPS) is 31.6. The predicted molar refractivity (Wildman–Crippen MR) is 77.8 cm³/mol. The zero-order valence-corrected chi connectivity index (χ0v) is 12.5. The van der Waals surface area contributed by atoms with Gasteiger partial charge in [0, 0.05) is 37.8 Å². The lowest BCUT2D eigenvalue weighted by molar-refractivity contribution is 0.0937. The van der Waals surface area contributed by atoms with Gasteiger partial charge in [0.1, 0.15) is 0 Å². The van der Waals surface area contributed by atoms with Gasteiger partial charge in [0.2, 0.25) is 0 Å². The first-order valence-electron chi connectivity index (χ1n) is 8.19. The highest BCUT2D eigenvalue weighted by Crippen LogP contribution is 2.28. The number of rotatable bonds is 3. The second kappa shape index (κ2) is 6.31. The molecule has 3 aliphatic rings. The van der Waals surface area contributed by atoms with Crippen molar-refractivity contribution in [2.45, 2.75) is 57.2 Å². The van der Waals surface area contributed by atoms with Gasteiger partial charge in [-0.15, -0.1) is 0 Å². The van der Waals surface area contributed by atoms with Crippen LogP contribution in [0.3, 0.4) is 0 Å². The van der Waals surface area contributed by atoms with Crippen LogP contribution in [-0.4, -0.2) is 66.8 Å². The molecule has 0 aromatic carbocycles. The molecule has 1 N–H and O–H groups in total. The first kappa shape index (κ1) is 14.1. The minimum absolute atomic E-state index is 0.145. The molecule has 0 aromatic rings. The fourth-order valence-corrected chi connectivity index (χ4v) is 4.02. The third kappa shape index (κ3) is 2.93. The van der Waals surface area contributed by atoms with Crippen molar-refractivity contribution in [3.05, 3.63) is 0 Å².